The van der Waals surface area contributed by atoms with Gasteiger partial charge in [-0.1, -0.05) is 34.8 Å². The zero-order valence-corrected chi connectivity index (χ0v) is 19.6. The van der Waals surface area contributed by atoms with E-state index in [1.807, 2.05) is 24.3 Å². The Kier molecular flexibility index (Phi) is 5.44. The number of sulfonamides is 1. The molecule has 11 heteroatoms. The lowest BCUT2D eigenvalue weighted by Gasteiger charge is -2.05. The van der Waals surface area contributed by atoms with Crippen molar-refractivity contribution in [3.05, 3.63) is 72.3 Å². The summed E-state index contributed by atoms with van der Waals surface area (Å²) in [7, 11) is -2.30. The molecule has 0 bridgehead atoms. The number of nitrogens with zero attached hydrogens (tertiary/aromatic N) is 2. The molecule has 5 aromatic rings. The molecule has 3 aromatic carbocycles. The molecule has 33 heavy (non-hydrogen) atoms. The molecule has 2 N–H and O–H groups in total. The third-order valence-electron chi connectivity index (χ3n) is 4.76. The SMILES string of the molecule is COc1ccc(S(=O)(=O)Nc2nc3ccc(C(=O)Nc4nc5ccccc5s4)cc3s2)cc1. The molecule has 2 heterocycles. The normalized spacial score (nSPS) is 11.5. The Balaban J connectivity index is 1.36. The number of hydrogen-bond acceptors (Lipinski definition) is 8. The number of anilines is 2. The number of carbonyl (C=O) groups excluding carboxylic acids is 1. The molecule has 1 amide bonds. The first-order chi connectivity index (χ1) is 15.9. The minimum absolute atomic E-state index is 0.0958. The minimum atomic E-state index is -3.81. The number of methoxy groups -OCH3 is 1. The van der Waals surface area contributed by atoms with Gasteiger partial charge in [0, 0.05) is 5.56 Å². The Bertz CT molecular complexity index is 1560. The summed E-state index contributed by atoms with van der Waals surface area (Å²) in [5.74, 6) is 0.260. The molecule has 0 fully saturated rings. The van der Waals surface area contributed by atoms with Crippen LogP contribution in [-0.4, -0.2) is 31.4 Å². The Hall–Kier alpha value is -3.54. The number of carbonyl (C=O) groups is 1. The fourth-order valence-electron chi connectivity index (χ4n) is 3.13. The molecule has 0 aliphatic heterocycles. The first-order valence-electron chi connectivity index (χ1n) is 9.66. The summed E-state index contributed by atoms with van der Waals surface area (Å²) >= 11 is 2.55. The predicted molar refractivity (Wildman–Crippen MR) is 131 cm³/mol. The van der Waals surface area contributed by atoms with Gasteiger partial charge in [-0.15, -0.1) is 0 Å². The van der Waals surface area contributed by atoms with Gasteiger partial charge in [-0.2, -0.15) is 0 Å². The average Bonchev–Trinajstić information content (AvgIpc) is 3.40. The van der Waals surface area contributed by atoms with E-state index in [0.717, 1.165) is 21.6 Å². The highest BCUT2D eigenvalue weighted by molar-refractivity contribution is 7.93. The van der Waals surface area contributed by atoms with Crippen molar-refractivity contribution in [3.8, 4) is 5.75 Å². The zero-order valence-electron chi connectivity index (χ0n) is 17.1. The van der Waals surface area contributed by atoms with Gasteiger partial charge in [0.15, 0.2) is 10.3 Å². The van der Waals surface area contributed by atoms with Crippen LogP contribution in [0, 0.1) is 0 Å². The van der Waals surface area contributed by atoms with E-state index < -0.39 is 10.0 Å². The second-order valence-electron chi connectivity index (χ2n) is 6.92. The second kappa shape index (κ2) is 8.43. The fourth-order valence-corrected chi connectivity index (χ4v) is 6.13. The monoisotopic (exact) mass is 496 g/mol. The van der Waals surface area contributed by atoms with Gasteiger partial charge < -0.3 is 4.74 Å². The van der Waals surface area contributed by atoms with E-state index in [2.05, 4.69) is 20.0 Å². The van der Waals surface area contributed by atoms with Gasteiger partial charge >= 0.3 is 0 Å². The van der Waals surface area contributed by atoms with Gasteiger partial charge in [-0.25, -0.2) is 18.4 Å². The van der Waals surface area contributed by atoms with Crippen LogP contribution in [-0.2, 0) is 10.0 Å². The van der Waals surface area contributed by atoms with Crippen molar-refractivity contribution >= 4 is 69.3 Å². The summed E-state index contributed by atoms with van der Waals surface area (Å²) in [5.41, 5.74) is 1.84. The summed E-state index contributed by atoms with van der Waals surface area (Å²) in [6.07, 6.45) is 0. The average molecular weight is 497 g/mol. The van der Waals surface area contributed by atoms with E-state index in [9.17, 15) is 13.2 Å². The smallest absolute Gasteiger partial charge is 0.263 e. The number of para-hydroxylation sites is 1. The Morgan fingerprint density at radius 1 is 0.879 bits per heavy atom. The summed E-state index contributed by atoms with van der Waals surface area (Å²) in [4.78, 5) is 21.6. The van der Waals surface area contributed by atoms with Crippen molar-refractivity contribution in [1.29, 1.82) is 0 Å². The maximum atomic E-state index is 12.7. The molecular formula is C22H16N4O4S3. The molecule has 0 atom stereocenters. The van der Waals surface area contributed by atoms with E-state index in [4.69, 9.17) is 4.74 Å². The molecule has 0 saturated carbocycles. The van der Waals surface area contributed by atoms with Crippen molar-refractivity contribution < 1.29 is 17.9 Å². The molecule has 2 aromatic heterocycles. The fraction of sp³-hybridized carbons (Fsp3) is 0.0455. The number of hydrogen-bond donors (Lipinski definition) is 2. The number of thiazole rings is 2. The predicted octanol–water partition coefficient (Wildman–Crippen LogP) is 4.97. The lowest BCUT2D eigenvalue weighted by molar-refractivity contribution is 0.102. The van der Waals surface area contributed by atoms with Crippen LogP contribution in [0.1, 0.15) is 10.4 Å². The van der Waals surface area contributed by atoms with Crippen molar-refractivity contribution in [2.75, 3.05) is 17.1 Å². The summed E-state index contributed by atoms with van der Waals surface area (Å²) in [6.45, 7) is 0. The standard InChI is InChI=1S/C22H16N4O4S3/c1-30-14-7-9-15(10-8-14)33(28,29)26-22-24-17-11-6-13(12-19(17)32-22)20(27)25-21-23-16-4-2-3-5-18(16)31-21/h2-12H,1H3,(H,24,26)(H,23,25,27). The van der Waals surface area contributed by atoms with Crippen molar-refractivity contribution in [2.45, 2.75) is 4.90 Å². The Morgan fingerprint density at radius 3 is 2.33 bits per heavy atom. The van der Waals surface area contributed by atoms with Crippen LogP contribution in [0.25, 0.3) is 20.4 Å². The van der Waals surface area contributed by atoms with E-state index >= 15 is 0 Å². The van der Waals surface area contributed by atoms with Crippen LogP contribution in [0.15, 0.2) is 71.6 Å². The van der Waals surface area contributed by atoms with E-state index in [1.54, 1.807) is 30.3 Å². The van der Waals surface area contributed by atoms with E-state index in [0.29, 0.717) is 26.7 Å². The maximum Gasteiger partial charge on any atom is 0.263 e. The first kappa shape index (κ1) is 21.3. The van der Waals surface area contributed by atoms with Crippen molar-refractivity contribution in [1.82, 2.24) is 9.97 Å². The molecule has 0 aliphatic rings. The summed E-state index contributed by atoms with van der Waals surface area (Å²) in [5, 5.41) is 3.54. The Labute approximate surface area is 196 Å². The molecule has 0 radical (unpaired) electrons. The molecule has 5 rings (SSSR count). The molecule has 0 spiro atoms. The minimum Gasteiger partial charge on any atom is -0.497 e. The highest BCUT2D eigenvalue weighted by Gasteiger charge is 2.18. The number of amides is 1. The Morgan fingerprint density at radius 2 is 1.58 bits per heavy atom. The van der Waals surface area contributed by atoms with Crippen molar-refractivity contribution in [3.63, 3.8) is 0 Å². The molecule has 8 nitrogen and oxygen atoms in total. The number of rotatable bonds is 6. The highest BCUT2D eigenvalue weighted by Crippen LogP contribution is 2.30. The second-order valence-corrected chi connectivity index (χ2v) is 10.7. The van der Waals surface area contributed by atoms with E-state index in [1.165, 1.54) is 30.6 Å². The quantitative estimate of drug-likeness (QED) is 0.344. The zero-order chi connectivity index (χ0) is 23.0. The van der Waals surface area contributed by atoms with Gasteiger partial charge in [-0.05, 0) is 54.6 Å². The van der Waals surface area contributed by atoms with Crippen LogP contribution in [0.5, 0.6) is 5.75 Å². The van der Waals surface area contributed by atoms with Gasteiger partial charge in [0.25, 0.3) is 15.9 Å². The maximum absolute atomic E-state index is 12.7. The van der Waals surface area contributed by atoms with Gasteiger partial charge in [-0.3, -0.25) is 14.8 Å². The third kappa shape index (κ3) is 4.38. The van der Waals surface area contributed by atoms with Crippen LogP contribution in [0.2, 0.25) is 0 Å². The topological polar surface area (TPSA) is 110 Å². The van der Waals surface area contributed by atoms with Crippen LogP contribution < -0.4 is 14.8 Å². The number of benzene rings is 3. The molecule has 0 saturated heterocycles. The van der Waals surface area contributed by atoms with Gasteiger partial charge in [0.2, 0.25) is 0 Å². The van der Waals surface area contributed by atoms with Crippen LogP contribution in [0.3, 0.4) is 0 Å². The third-order valence-corrected chi connectivity index (χ3v) is 8.13. The lowest BCUT2D eigenvalue weighted by atomic mass is 10.2. The number of aromatic nitrogens is 2. The molecule has 0 aliphatic carbocycles. The van der Waals surface area contributed by atoms with E-state index in [-0.39, 0.29) is 15.9 Å². The van der Waals surface area contributed by atoms with Gasteiger partial charge in [0.05, 0.1) is 32.4 Å². The molecule has 0 unspecified atom stereocenters. The summed E-state index contributed by atoms with van der Waals surface area (Å²) in [6, 6.07) is 18.7. The van der Waals surface area contributed by atoms with Crippen LogP contribution >= 0.6 is 22.7 Å². The molecular weight excluding hydrogens is 480 g/mol. The van der Waals surface area contributed by atoms with Gasteiger partial charge in [0.1, 0.15) is 5.75 Å². The first-order valence-corrected chi connectivity index (χ1v) is 12.8. The lowest BCUT2D eigenvalue weighted by Crippen LogP contribution is -2.12. The summed E-state index contributed by atoms with van der Waals surface area (Å²) < 4.78 is 34.6. The number of ether oxygens (including phenoxy) is 1. The molecule has 166 valence electrons. The number of fused-ring (bicyclic) bond motifs is 2. The largest absolute Gasteiger partial charge is 0.497 e. The highest BCUT2D eigenvalue weighted by atomic mass is 32.2. The number of nitrogens with one attached hydrogen (secondary N) is 2. The van der Waals surface area contributed by atoms with Crippen LogP contribution in [0.4, 0.5) is 10.3 Å². The van der Waals surface area contributed by atoms with Crippen molar-refractivity contribution in [2.24, 2.45) is 0 Å².